The third-order valence-electron chi connectivity index (χ3n) is 2.26. The van der Waals surface area contributed by atoms with Gasteiger partial charge in [-0.2, -0.15) is 0 Å². The average Bonchev–Trinajstić information content (AvgIpc) is 2.37. The summed E-state index contributed by atoms with van der Waals surface area (Å²) in [7, 11) is 1.65. The van der Waals surface area contributed by atoms with Crippen molar-refractivity contribution in [1.29, 1.82) is 0 Å². The number of nitrogen functional groups attached to an aromatic ring is 1. The number of anilines is 1. The fourth-order valence-electron chi connectivity index (χ4n) is 1.48. The molecule has 0 aliphatic rings. The minimum atomic E-state index is 0.446. The van der Waals surface area contributed by atoms with Crippen molar-refractivity contribution in [2.24, 2.45) is 0 Å². The van der Waals surface area contributed by atoms with Crippen LogP contribution in [0.15, 0.2) is 29.6 Å². The second-order valence-electron chi connectivity index (χ2n) is 3.68. The summed E-state index contributed by atoms with van der Waals surface area (Å²) < 4.78 is 5.21. The number of thioether (sulfide) groups is 1. The molecule has 5 nitrogen and oxygen atoms in total. The van der Waals surface area contributed by atoms with Gasteiger partial charge in [0.2, 0.25) is 0 Å². The monoisotopic (exact) mass is 262 g/mol. The van der Waals surface area contributed by atoms with Crippen LogP contribution in [0.3, 0.4) is 0 Å². The summed E-state index contributed by atoms with van der Waals surface area (Å²) >= 11 is 1.51. The van der Waals surface area contributed by atoms with Crippen LogP contribution in [-0.2, 0) is 5.75 Å². The van der Waals surface area contributed by atoms with E-state index >= 15 is 0 Å². The van der Waals surface area contributed by atoms with Gasteiger partial charge in [-0.25, -0.2) is 9.97 Å². The summed E-state index contributed by atoms with van der Waals surface area (Å²) in [5, 5.41) is 0.722. The van der Waals surface area contributed by atoms with Crippen LogP contribution in [0.5, 0.6) is 5.75 Å². The molecule has 94 valence electrons. The lowest BCUT2D eigenvalue weighted by atomic mass is 10.3. The summed E-state index contributed by atoms with van der Waals surface area (Å²) in [6.07, 6.45) is 3.20. The molecule has 0 aliphatic heterocycles. The summed E-state index contributed by atoms with van der Waals surface area (Å²) in [4.78, 5) is 12.6. The first-order chi connectivity index (χ1) is 8.69. The minimum Gasteiger partial charge on any atom is -0.497 e. The zero-order valence-corrected chi connectivity index (χ0v) is 11.1. The number of aryl methyl sites for hydroxylation is 1. The topological polar surface area (TPSA) is 73.9 Å². The maximum absolute atomic E-state index is 5.73. The zero-order chi connectivity index (χ0) is 13.0. The van der Waals surface area contributed by atoms with Gasteiger partial charge in [0.15, 0.2) is 5.82 Å². The number of ether oxygens (including phenoxy) is 1. The van der Waals surface area contributed by atoms with Gasteiger partial charge in [-0.15, -0.1) is 0 Å². The number of methoxy groups -OCH3 is 1. The Hall–Kier alpha value is -1.82. The first-order valence-corrected chi connectivity index (χ1v) is 6.38. The van der Waals surface area contributed by atoms with E-state index in [4.69, 9.17) is 10.5 Å². The van der Waals surface area contributed by atoms with Crippen molar-refractivity contribution in [3.05, 3.63) is 35.9 Å². The molecule has 0 saturated carbocycles. The molecule has 2 aromatic heterocycles. The average molecular weight is 262 g/mol. The highest BCUT2D eigenvalue weighted by Crippen LogP contribution is 2.25. The third kappa shape index (κ3) is 3.10. The van der Waals surface area contributed by atoms with Crippen molar-refractivity contribution in [1.82, 2.24) is 15.0 Å². The first kappa shape index (κ1) is 12.6. The number of nitrogens with zero attached hydrogens (tertiary/aromatic N) is 3. The van der Waals surface area contributed by atoms with Gasteiger partial charge in [0.25, 0.3) is 0 Å². The lowest BCUT2D eigenvalue weighted by Crippen LogP contribution is -1.97. The molecule has 0 saturated heterocycles. The molecule has 6 heteroatoms. The first-order valence-electron chi connectivity index (χ1n) is 5.40. The Kier molecular flexibility index (Phi) is 3.99. The van der Waals surface area contributed by atoms with Crippen LogP contribution in [-0.4, -0.2) is 22.1 Å². The van der Waals surface area contributed by atoms with E-state index in [2.05, 4.69) is 15.0 Å². The van der Waals surface area contributed by atoms with Crippen molar-refractivity contribution in [2.75, 3.05) is 12.8 Å². The Labute approximate surface area is 110 Å². The van der Waals surface area contributed by atoms with E-state index < -0.39 is 0 Å². The predicted octanol–water partition coefficient (Wildman–Crippen LogP) is 2.06. The van der Waals surface area contributed by atoms with Crippen molar-refractivity contribution < 1.29 is 4.74 Å². The highest BCUT2D eigenvalue weighted by Gasteiger charge is 2.05. The fraction of sp³-hybridized carbons (Fsp3) is 0.250. The van der Waals surface area contributed by atoms with E-state index in [1.165, 1.54) is 11.8 Å². The van der Waals surface area contributed by atoms with E-state index in [-0.39, 0.29) is 0 Å². The number of aromatic nitrogens is 3. The van der Waals surface area contributed by atoms with Crippen LogP contribution >= 0.6 is 11.8 Å². The minimum absolute atomic E-state index is 0.446. The zero-order valence-electron chi connectivity index (χ0n) is 10.3. The van der Waals surface area contributed by atoms with Crippen molar-refractivity contribution in [3.8, 4) is 5.75 Å². The molecule has 0 aliphatic carbocycles. The third-order valence-corrected chi connectivity index (χ3v) is 3.29. The Morgan fingerprint density at radius 1 is 1.28 bits per heavy atom. The normalized spacial score (nSPS) is 10.3. The summed E-state index contributed by atoms with van der Waals surface area (Å²) in [6, 6.07) is 3.80. The van der Waals surface area contributed by atoms with Gasteiger partial charge in [-0.3, -0.25) is 4.98 Å². The second-order valence-corrected chi connectivity index (χ2v) is 4.64. The molecule has 0 radical (unpaired) electrons. The van der Waals surface area contributed by atoms with Gasteiger partial charge < -0.3 is 10.5 Å². The molecule has 0 bridgehead atoms. The molecule has 0 amide bonds. The largest absolute Gasteiger partial charge is 0.497 e. The van der Waals surface area contributed by atoms with E-state index in [9.17, 15) is 0 Å². The quantitative estimate of drug-likeness (QED) is 0.850. The molecule has 0 aromatic carbocycles. The molecule has 0 spiro atoms. The summed E-state index contributed by atoms with van der Waals surface area (Å²) in [5.41, 5.74) is 7.59. The molecular formula is C12H14N4OS. The van der Waals surface area contributed by atoms with Crippen molar-refractivity contribution >= 4 is 17.6 Å². The highest BCUT2D eigenvalue weighted by atomic mass is 32.2. The lowest BCUT2D eigenvalue weighted by molar-refractivity contribution is 0.413. The molecule has 2 N–H and O–H groups in total. The molecule has 0 atom stereocenters. The highest BCUT2D eigenvalue weighted by molar-refractivity contribution is 7.98. The Morgan fingerprint density at radius 2 is 2.06 bits per heavy atom. The summed E-state index contributed by atoms with van der Waals surface area (Å²) in [6.45, 7) is 1.94. The predicted molar refractivity (Wildman–Crippen MR) is 71.5 cm³/mol. The smallest absolute Gasteiger partial charge is 0.156 e. The number of hydrogen-bond donors (Lipinski definition) is 1. The Balaban J connectivity index is 2.11. The molecular weight excluding hydrogens is 248 g/mol. The molecule has 2 aromatic rings. The van der Waals surface area contributed by atoms with Gasteiger partial charge in [-0.05, 0) is 6.92 Å². The van der Waals surface area contributed by atoms with Crippen LogP contribution in [0, 0.1) is 6.92 Å². The van der Waals surface area contributed by atoms with Crippen LogP contribution < -0.4 is 10.5 Å². The van der Waals surface area contributed by atoms with Crippen molar-refractivity contribution in [3.63, 3.8) is 0 Å². The van der Waals surface area contributed by atoms with Crippen LogP contribution in [0.25, 0.3) is 0 Å². The maximum atomic E-state index is 5.73. The van der Waals surface area contributed by atoms with E-state index in [0.717, 1.165) is 22.2 Å². The molecule has 0 fully saturated rings. The Bertz CT molecular complexity index is 547. The van der Waals surface area contributed by atoms with E-state index in [1.54, 1.807) is 19.5 Å². The van der Waals surface area contributed by atoms with E-state index in [0.29, 0.717) is 11.6 Å². The molecule has 2 heterocycles. The van der Waals surface area contributed by atoms with Gasteiger partial charge in [0.05, 0.1) is 12.8 Å². The Morgan fingerprint density at radius 3 is 2.78 bits per heavy atom. The lowest BCUT2D eigenvalue weighted by Gasteiger charge is -2.06. The van der Waals surface area contributed by atoms with Crippen LogP contribution in [0.4, 0.5) is 5.82 Å². The SMILES string of the molecule is COc1cc(C)nc(CSc2nccnc2N)c1. The van der Waals surface area contributed by atoms with Crippen molar-refractivity contribution in [2.45, 2.75) is 17.7 Å². The van der Waals surface area contributed by atoms with Crippen LogP contribution in [0.1, 0.15) is 11.4 Å². The number of nitrogens with two attached hydrogens (primary N) is 1. The summed E-state index contributed by atoms with van der Waals surface area (Å²) in [5.74, 6) is 1.94. The number of pyridine rings is 1. The van der Waals surface area contributed by atoms with Gasteiger partial charge in [0.1, 0.15) is 10.8 Å². The maximum Gasteiger partial charge on any atom is 0.156 e. The van der Waals surface area contributed by atoms with Gasteiger partial charge in [-0.1, -0.05) is 11.8 Å². The number of hydrogen-bond acceptors (Lipinski definition) is 6. The number of rotatable bonds is 4. The molecule has 18 heavy (non-hydrogen) atoms. The second kappa shape index (κ2) is 5.68. The molecule has 2 rings (SSSR count). The van der Waals surface area contributed by atoms with Gasteiger partial charge in [0, 0.05) is 36.0 Å². The van der Waals surface area contributed by atoms with E-state index in [1.807, 2.05) is 19.1 Å². The van der Waals surface area contributed by atoms with Crippen LogP contribution in [0.2, 0.25) is 0 Å². The standard InChI is InChI=1S/C12H14N4OS/c1-8-5-10(17-2)6-9(16-8)7-18-12-11(13)14-3-4-15-12/h3-6H,7H2,1-2H3,(H2,13,14). The van der Waals surface area contributed by atoms with Gasteiger partial charge >= 0.3 is 0 Å². The molecule has 0 unspecified atom stereocenters. The fourth-order valence-corrected chi connectivity index (χ4v) is 2.25.